The molecule has 0 amide bonds. The molecule has 19 heavy (non-hydrogen) atoms. The van der Waals surface area contributed by atoms with Gasteiger partial charge in [0.25, 0.3) is 0 Å². The highest BCUT2D eigenvalue weighted by molar-refractivity contribution is 7.80. The van der Waals surface area contributed by atoms with Gasteiger partial charge in [0, 0.05) is 0 Å². The van der Waals surface area contributed by atoms with Gasteiger partial charge in [0.05, 0.1) is 11.0 Å². The first-order valence-electron chi connectivity index (χ1n) is 6.99. The molecule has 2 atom stereocenters. The van der Waals surface area contributed by atoms with Crippen molar-refractivity contribution in [2.45, 2.75) is 50.0 Å². The van der Waals surface area contributed by atoms with Gasteiger partial charge in [0.1, 0.15) is 0 Å². The molecule has 0 aromatic heterocycles. The summed E-state index contributed by atoms with van der Waals surface area (Å²) in [6, 6.07) is 7.65. The summed E-state index contributed by atoms with van der Waals surface area (Å²) in [5.74, 6) is 0.473. The van der Waals surface area contributed by atoms with Crippen LogP contribution >= 0.6 is 0 Å². The summed E-state index contributed by atoms with van der Waals surface area (Å²) in [5, 5.41) is 0. The minimum atomic E-state index is -1.39. The van der Waals surface area contributed by atoms with Gasteiger partial charge in [-0.25, -0.2) is 4.21 Å². The van der Waals surface area contributed by atoms with Gasteiger partial charge in [-0.2, -0.15) is 0 Å². The standard InChI is InChI=1S/C16H22O2S/c1-3-16(14-7-5-4-6-8-14)18-19(17)15-11-9-13(2)10-12-15/h3,9-12,14,16H,1,4-8H2,2H3. The molecule has 0 saturated heterocycles. The largest absolute Gasteiger partial charge is 0.279 e. The minimum Gasteiger partial charge on any atom is -0.279 e. The van der Waals surface area contributed by atoms with Gasteiger partial charge in [0.2, 0.25) is 0 Å². The zero-order chi connectivity index (χ0) is 13.7. The van der Waals surface area contributed by atoms with E-state index in [9.17, 15) is 4.21 Å². The maximum atomic E-state index is 12.2. The molecule has 1 aromatic rings. The smallest absolute Gasteiger partial charge is 0.189 e. The Balaban J connectivity index is 1.99. The molecule has 1 fully saturated rings. The zero-order valence-electron chi connectivity index (χ0n) is 11.5. The van der Waals surface area contributed by atoms with Crippen LogP contribution < -0.4 is 0 Å². The van der Waals surface area contributed by atoms with Crippen LogP contribution in [0.15, 0.2) is 41.8 Å². The van der Waals surface area contributed by atoms with Crippen LogP contribution in [0.5, 0.6) is 0 Å². The van der Waals surface area contributed by atoms with Crippen molar-refractivity contribution in [3.8, 4) is 0 Å². The van der Waals surface area contributed by atoms with Gasteiger partial charge < -0.3 is 0 Å². The molecule has 1 saturated carbocycles. The summed E-state index contributed by atoms with van der Waals surface area (Å²) in [6.45, 7) is 5.85. The Bertz CT molecular complexity index is 433. The molecule has 2 unspecified atom stereocenters. The van der Waals surface area contributed by atoms with Crippen LogP contribution in [0.1, 0.15) is 37.7 Å². The molecule has 104 valence electrons. The summed E-state index contributed by atoms with van der Waals surface area (Å²) >= 11 is -1.39. The third kappa shape index (κ3) is 4.02. The van der Waals surface area contributed by atoms with Crippen molar-refractivity contribution < 1.29 is 8.39 Å². The summed E-state index contributed by atoms with van der Waals surface area (Å²) in [5.41, 5.74) is 1.16. The molecule has 1 aliphatic rings. The maximum absolute atomic E-state index is 12.2. The lowest BCUT2D eigenvalue weighted by Crippen LogP contribution is -2.25. The predicted octanol–water partition coefficient (Wildman–Crippen LogP) is 4.17. The number of aryl methyl sites for hydroxylation is 1. The second kappa shape index (κ2) is 7.01. The van der Waals surface area contributed by atoms with Gasteiger partial charge in [-0.1, -0.05) is 43.0 Å². The Kier molecular flexibility index (Phi) is 5.34. The second-order valence-corrected chi connectivity index (χ2v) is 6.38. The van der Waals surface area contributed by atoms with Crippen LogP contribution in [0.25, 0.3) is 0 Å². The van der Waals surface area contributed by atoms with E-state index in [0.29, 0.717) is 5.92 Å². The topological polar surface area (TPSA) is 26.3 Å². The number of hydrogen-bond acceptors (Lipinski definition) is 2. The average molecular weight is 278 g/mol. The normalized spacial score (nSPS) is 19.8. The van der Waals surface area contributed by atoms with E-state index in [1.807, 2.05) is 37.3 Å². The van der Waals surface area contributed by atoms with E-state index in [1.165, 1.54) is 19.3 Å². The quantitative estimate of drug-likeness (QED) is 0.756. The van der Waals surface area contributed by atoms with Gasteiger partial charge in [0.15, 0.2) is 11.1 Å². The predicted molar refractivity (Wildman–Crippen MR) is 79.2 cm³/mol. The SMILES string of the molecule is C=CC(OS(=O)c1ccc(C)cc1)C1CCCCC1. The van der Waals surface area contributed by atoms with Crippen LogP contribution in [0, 0.1) is 12.8 Å². The van der Waals surface area contributed by atoms with Crippen molar-refractivity contribution in [3.63, 3.8) is 0 Å². The first-order chi connectivity index (χ1) is 9.20. The summed E-state index contributed by atoms with van der Waals surface area (Å²) in [4.78, 5) is 0.730. The fourth-order valence-corrected chi connectivity index (χ4v) is 3.49. The first kappa shape index (κ1) is 14.5. The van der Waals surface area contributed by atoms with Gasteiger partial charge in [-0.3, -0.25) is 4.18 Å². The van der Waals surface area contributed by atoms with Crippen molar-refractivity contribution in [2.24, 2.45) is 5.92 Å². The minimum absolute atomic E-state index is 0.0950. The van der Waals surface area contributed by atoms with Crippen LogP contribution in [-0.4, -0.2) is 10.3 Å². The van der Waals surface area contributed by atoms with Gasteiger partial charge >= 0.3 is 0 Å². The van der Waals surface area contributed by atoms with E-state index < -0.39 is 11.1 Å². The molecule has 3 heteroatoms. The number of hydrogen-bond donors (Lipinski definition) is 0. The highest BCUT2D eigenvalue weighted by Crippen LogP contribution is 2.29. The fourth-order valence-electron chi connectivity index (χ4n) is 2.58. The summed E-state index contributed by atoms with van der Waals surface area (Å²) in [7, 11) is 0. The average Bonchev–Trinajstić information content (AvgIpc) is 2.46. The van der Waals surface area contributed by atoms with Crippen LogP contribution in [0.3, 0.4) is 0 Å². The van der Waals surface area contributed by atoms with E-state index in [-0.39, 0.29) is 6.10 Å². The molecule has 0 radical (unpaired) electrons. The Labute approximate surface area is 118 Å². The molecule has 0 bridgehead atoms. The van der Waals surface area contributed by atoms with E-state index >= 15 is 0 Å². The van der Waals surface area contributed by atoms with Crippen molar-refractivity contribution in [2.75, 3.05) is 0 Å². The molecule has 2 nitrogen and oxygen atoms in total. The molecule has 0 heterocycles. The Hall–Kier alpha value is -0.930. The maximum Gasteiger partial charge on any atom is 0.189 e. The molecule has 1 aromatic carbocycles. The lowest BCUT2D eigenvalue weighted by Gasteiger charge is -2.27. The van der Waals surface area contributed by atoms with Crippen LogP contribution in [-0.2, 0) is 15.3 Å². The van der Waals surface area contributed by atoms with Crippen molar-refractivity contribution in [1.29, 1.82) is 0 Å². The summed E-state index contributed by atoms with van der Waals surface area (Å²) in [6.07, 6.45) is 7.82. The third-order valence-electron chi connectivity index (χ3n) is 3.76. The lowest BCUT2D eigenvalue weighted by molar-refractivity contribution is 0.163. The van der Waals surface area contributed by atoms with Gasteiger partial charge in [-0.15, -0.1) is 6.58 Å². The zero-order valence-corrected chi connectivity index (χ0v) is 12.3. The molecular weight excluding hydrogens is 256 g/mol. The van der Waals surface area contributed by atoms with Crippen molar-refractivity contribution in [3.05, 3.63) is 42.5 Å². The monoisotopic (exact) mass is 278 g/mol. The van der Waals surface area contributed by atoms with E-state index in [1.54, 1.807) is 0 Å². The molecule has 0 spiro atoms. The Morgan fingerprint density at radius 1 is 1.26 bits per heavy atom. The summed E-state index contributed by atoms with van der Waals surface area (Å²) < 4.78 is 17.9. The van der Waals surface area contributed by atoms with Crippen molar-refractivity contribution in [1.82, 2.24) is 0 Å². The highest BCUT2D eigenvalue weighted by Gasteiger charge is 2.24. The first-order valence-corrected chi connectivity index (χ1v) is 8.06. The highest BCUT2D eigenvalue weighted by atomic mass is 32.2. The van der Waals surface area contributed by atoms with E-state index in [0.717, 1.165) is 23.3 Å². The van der Waals surface area contributed by atoms with Crippen LogP contribution in [0.4, 0.5) is 0 Å². The molecule has 2 rings (SSSR count). The molecular formula is C16H22O2S. The Morgan fingerprint density at radius 3 is 2.47 bits per heavy atom. The molecule has 1 aliphatic carbocycles. The van der Waals surface area contributed by atoms with Crippen molar-refractivity contribution >= 4 is 11.1 Å². The lowest BCUT2D eigenvalue weighted by atomic mass is 9.85. The third-order valence-corrected chi connectivity index (χ3v) is 4.81. The number of rotatable bonds is 5. The van der Waals surface area contributed by atoms with E-state index in [4.69, 9.17) is 4.18 Å². The molecule has 0 N–H and O–H groups in total. The molecule has 0 aliphatic heterocycles. The van der Waals surface area contributed by atoms with Gasteiger partial charge in [-0.05, 0) is 37.8 Å². The number of benzene rings is 1. The Morgan fingerprint density at radius 2 is 1.89 bits per heavy atom. The second-order valence-electron chi connectivity index (χ2n) is 5.24. The van der Waals surface area contributed by atoms with Crippen LogP contribution in [0.2, 0.25) is 0 Å². The fraction of sp³-hybridized carbons (Fsp3) is 0.500. The van der Waals surface area contributed by atoms with E-state index in [2.05, 4.69) is 6.58 Å².